The number of rotatable bonds is 5. The number of hydrogen-bond acceptors (Lipinski definition) is 5. The Balaban J connectivity index is 1.89. The normalized spacial score (nSPS) is 17.1. The zero-order valence-corrected chi connectivity index (χ0v) is 14.2. The molecule has 0 spiro atoms. The lowest BCUT2D eigenvalue weighted by Gasteiger charge is -2.25. The third kappa shape index (κ3) is 2.96. The molecule has 2 heterocycles. The second-order valence-electron chi connectivity index (χ2n) is 5.80. The summed E-state index contributed by atoms with van der Waals surface area (Å²) in [6.07, 6.45) is 2.56. The van der Waals surface area contributed by atoms with Gasteiger partial charge in [-0.25, -0.2) is 0 Å². The van der Waals surface area contributed by atoms with Crippen molar-refractivity contribution in [2.45, 2.75) is 32.2 Å². The van der Waals surface area contributed by atoms with Gasteiger partial charge in [0, 0.05) is 30.7 Å². The number of likely N-dealkylation sites (tertiary alicyclic amines) is 1. The fourth-order valence-corrected chi connectivity index (χ4v) is 3.15. The summed E-state index contributed by atoms with van der Waals surface area (Å²) in [5.41, 5.74) is 1.36. The molecule has 128 valence electrons. The third-order valence-corrected chi connectivity index (χ3v) is 4.44. The van der Waals surface area contributed by atoms with Crippen molar-refractivity contribution >= 4 is 5.91 Å². The predicted octanol–water partition coefficient (Wildman–Crippen LogP) is 3.23. The van der Waals surface area contributed by atoms with Crippen molar-refractivity contribution in [3.8, 4) is 11.5 Å². The number of methoxy groups -OCH3 is 2. The molecule has 0 aliphatic carbocycles. The lowest BCUT2D eigenvalue weighted by atomic mass is 10.0. The minimum atomic E-state index is -0.0983. The van der Waals surface area contributed by atoms with Crippen LogP contribution in [0.1, 0.15) is 47.6 Å². The van der Waals surface area contributed by atoms with Gasteiger partial charge in [-0.05, 0) is 25.0 Å². The van der Waals surface area contributed by atoms with Crippen LogP contribution in [0.5, 0.6) is 11.5 Å². The Morgan fingerprint density at radius 1 is 1.33 bits per heavy atom. The SMILES string of the molecule is CCc1cc(C(=O)N2CCC[C@H]2c2ccc(OC)cc2OC)no1. The van der Waals surface area contributed by atoms with E-state index in [1.807, 2.05) is 30.0 Å². The number of aromatic nitrogens is 1. The predicted molar refractivity (Wildman–Crippen MR) is 88.4 cm³/mol. The van der Waals surface area contributed by atoms with E-state index in [1.54, 1.807) is 20.3 Å². The van der Waals surface area contributed by atoms with Crippen LogP contribution in [0.25, 0.3) is 0 Å². The highest BCUT2D eigenvalue weighted by atomic mass is 16.5. The molecule has 0 radical (unpaired) electrons. The molecule has 2 aromatic rings. The molecule has 0 bridgehead atoms. The first-order chi connectivity index (χ1) is 11.7. The summed E-state index contributed by atoms with van der Waals surface area (Å²) < 4.78 is 15.9. The maximum absolute atomic E-state index is 12.8. The average molecular weight is 330 g/mol. The highest BCUT2D eigenvalue weighted by Crippen LogP contribution is 2.39. The smallest absolute Gasteiger partial charge is 0.276 e. The van der Waals surface area contributed by atoms with E-state index < -0.39 is 0 Å². The summed E-state index contributed by atoms with van der Waals surface area (Å²) in [7, 11) is 3.25. The standard InChI is InChI=1S/C18H22N2O4/c1-4-12-10-15(19-24-12)18(21)20-9-5-6-16(20)14-8-7-13(22-2)11-17(14)23-3/h7-8,10-11,16H,4-6,9H2,1-3H3/t16-/m0/s1. The maximum Gasteiger partial charge on any atom is 0.276 e. The Hall–Kier alpha value is -2.50. The molecule has 1 aromatic carbocycles. The van der Waals surface area contributed by atoms with Gasteiger partial charge in [-0.3, -0.25) is 4.79 Å². The molecule has 6 nitrogen and oxygen atoms in total. The summed E-state index contributed by atoms with van der Waals surface area (Å²) in [6, 6.07) is 7.41. The van der Waals surface area contributed by atoms with Crippen molar-refractivity contribution < 1.29 is 18.8 Å². The monoisotopic (exact) mass is 330 g/mol. The van der Waals surface area contributed by atoms with Crippen LogP contribution >= 0.6 is 0 Å². The number of amides is 1. The molecule has 1 aliphatic heterocycles. The van der Waals surface area contributed by atoms with Crippen LogP contribution in [0, 0.1) is 0 Å². The number of hydrogen-bond donors (Lipinski definition) is 0. The molecule has 3 rings (SSSR count). The van der Waals surface area contributed by atoms with Crippen LogP contribution in [0.3, 0.4) is 0 Å². The molecule has 24 heavy (non-hydrogen) atoms. The average Bonchev–Trinajstić information content (AvgIpc) is 3.29. The van der Waals surface area contributed by atoms with Gasteiger partial charge in [-0.15, -0.1) is 0 Å². The van der Waals surface area contributed by atoms with Crippen molar-refractivity contribution in [1.29, 1.82) is 0 Å². The largest absolute Gasteiger partial charge is 0.497 e. The number of nitrogens with zero attached hydrogens (tertiary/aromatic N) is 2. The van der Waals surface area contributed by atoms with Gasteiger partial charge in [0.05, 0.1) is 20.3 Å². The lowest BCUT2D eigenvalue weighted by Crippen LogP contribution is -2.31. The minimum Gasteiger partial charge on any atom is -0.497 e. The summed E-state index contributed by atoms with van der Waals surface area (Å²) >= 11 is 0. The van der Waals surface area contributed by atoms with E-state index >= 15 is 0 Å². The molecular weight excluding hydrogens is 308 g/mol. The highest BCUT2D eigenvalue weighted by Gasteiger charge is 2.33. The van der Waals surface area contributed by atoms with E-state index in [0.29, 0.717) is 12.2 Å². The van der Waals surface area contributed by atoms with Crippen molar-refractivity contribution in [2.24, 2.45) is 0 Å². The minimum absolute atomic E-state index is 0.0277. The Labute approximate surface area is 141 Å². The van der Waals surface area contributed by atoms with Gasteiger partial charge >= 0.3 is 0 Å². The zero-order chi connectivity index (χ0) is 17.1. The molecule has 0 unspecified atom stereocenters. The molecule has 1 saturated heterocycles. The second kappa shape index (κ2) is 6.95. The fourth-order valence-electron chi connectivity index (χ4n) is 3.15. The second-order valence-corrected chi connectivity index (χ2v) is 5.80. The first-order valence-corrected chi connectivity index (χ1v) is 8.16. The summed E-state index contributed by atoms with van der Waals surface area (Å²) in [5.74, 6) is 2.08. The Morgan fingerprint density at radius 2 is 2.17 bits per heavy atom. The molecular formula is C18H22N2O4. The van der Waals surface area contributed by atoms with Crippen LogP contribution in [-0.2, 0) is 6.42 Å². The third-order valence-electron chi connectivity index (χ3n) is 4.44. The Bertz CT molecular complexity index is 726. The van der Waals surface area contributed by atoms with Crippen LogP contribution in [0.4, 0.5) is 0 Å². The van der Waals surface area contributed by atoms with Crippen molar-refractivity contribution in [2.75, 3.05) is 20.8 Å². The van der Waals surface area contributed by atoms with E-state index in [9.17, 15) is 4.79 Å². The summed E-state index contributed by atoms with van der Waals surface area (Å²) in [6.45, 7) is 2.67. The van der Waals surface area contributed by atoms with Crippen LogP contribution < -0.4 is 9.47 Å². The van der Waals surface area contributed by atoms with E-state index in [1.165, 1.54) is 0 Å². The molecule has 1 aliphatic rings. The van der Waals surface area contributed by atoms with Gasteiger partial charge in [-0.1, -0.05) is 12.1 Å². The molecule has 1 amide bonds. The van der Waals surface area contributed by atoms with Gasteiger partial charge in [-0.2, -0.15) is 0 Å². The van der Waals surface area contributed by atoms with Crippen molar-refractivity contribution in [3.63, 3.8) is 0 Å². The van der Waals surface area contributed by atoms with Crippen molar-refractivity contribution in [3.05, 3.63) is 41.3 Å². The topological polar surface area (TPSA) is 64.8 Å². The molecule has 0 saturated carbocycles. The number of carbonyl (C=O) groups excluding carboxylic acids is 1. The number of benzene rings is 1. The molecule has 1 fully saturated rings. The lowest BCUT2D eigenvalue weighted by molar-refractivity contribution is 0.0723. The van der Waals surface area contributed by atoms with Crippen molar-refractivity contribution in [1.82, 2.24) is 10.1 Å². The highest BCUT2D eigenvalue weighted by molar-refractivity contribution is 5.92. The number of carbonyl (C=O) groups is 1. The van der Waals surface area contributed by atoms with Crippen LogP contribution in [0.2, 0.25) is 0 Å². The fraction of sp³-hybridized carbons (Fsp3) is 0.444. The molecule has 0 N–H and O–H groups in total. The molecule has 1 aromatic heterocycles. The van der Waals surface area contributed by atoms with E-state index in [4.69, 9.17) is 14.0 Å². The van der Waals surface area contributed by atoms with Gasteiger partial charge in [0.25, 0.3) is 5.91 Å². The summed E-state index contributed by atoms with van der Waals surface area (Å²) in [5, 5.41) is 3.91. The van der Waals surface area contributed by atoms with Gasteiger partial charge < -0.3 is 18.9 Å². The Morgan fingerprint density at radius 3 is 2.83 bits per heavy atom. The molecule has 6 heteroatoms. The van der Waals surface area contributed by atoms with Crippen LogP contribution in [-0.4, -0.2) is 36.7 Å². The Kier molecular flexibility index (Phi) is 4.74. The van der Waals surface area contributed by atoms with E-state index in [-0.39, 0.29) is 11.9 Å². The molecule has 1 atom stereocenters. The first kappa shape index (κ1) is 16.4. The maximum atomic E-state index is 12.8. The number of ether oxygens (including phenoxy) is 2. The van der Waals surface area contributed by atoms with E-state index in [0.717, 1.165) is 42.1 Å². The van der Waals surface area contributed by atoms with Gasteiger partial charge in [0.15, 0.2) is 5.69 Å². The quantitative estimate of drug-likeness (QED) is 0.842. The van der Waals surface area contributed by atoms with Gasteiger partial charge in [0.1, 0.15) is 17.3 Å². The van der Waals surface area contributed by atoms with E-state index in [2.05, 4.69) is 5.16 Å². The van der Waals surface area contributed by atoms with Crippen LogP contribution in [0.15, 0.2) is 28.8 Å². The first-order valence-electron chi connectivity index (χ1n) is 8.16. The summed E-state index contributed by atoms with van der Waals surface area (Å²) in [4.78, 5) is 14.7. The number of aryl methyl sites for hydroxylation is 1. The van der Waals surface area contributed by atoms with Gasteiger partial charge in [0.2, 0.25) is 0 Å². The zero-order valence-electron chi connectivity index (χ0n) is 14.2.